The first-order valence-corrected chi connectivity index (χ1v) is 16.5. The molecule has 2 N–H and O–H groups in total. The number of β-amino-alcohol motifs (C(OH)–C–C–N with tert-alkyl or cyclic N) is 1. The third-order valence-corrected chi connectivity index (χ3v) is 9.13. The topological polar surface area (TPSA) is 122 Å². The minimum absolute atomic E-state index is 0.0683. The monoisotopic (exact) mass is 622 g/mol. The molecule has 3 aromatic carbocycles. The molecule has 3 aromatic rings. The number of carbonyl (C=O) groups excluding carboxylic acids is 2. The van der Waals surface area contributed by atoms with Crippen molar-refractivity contribution in [2.24, 2.45) is 5.92 Å². The molecule has 44 heavy (non-hydrogen) atoms. The zero-order chi connectivity index (χ0) is 31.7. The SMILES string of the molecule is CC(C)(C)OC(=O)CNCc1ccc(C(=O)Oc2ccc(S(=O)(=O)CCN3CCC(Cc4ccccc4)[C@H](O)C3)cc2)cc1. The number of hydrogen-bond acceptors (Lipinski definition) is 9. The van der Waals surface area contributed by atoms with E-state index in [9.17, 15) is 23.1 Å². The number of nitrogens with one attached hydrogen (secondary N) is 1. The van der Waals surface area contributed by atoms with Gasteiger partial charge in [0.1, 0.15) is 11.4 Å². The van der Waals surface area contributed by atoms with Crippen LogP contribution < -0.4 is 10.1 Å². The van der Waals surface area contributed by atoms with Gasteiger partial charge < -0.3 is 19.9 Å². The summed E-state index contributed by atoms with van der Waals surface area (Å²) in [5.74, 6) is -0.581. The van der Waals surface area contributed by atoms with Crippen molar-refractivity contribution < 1.29 is 32.6 Å². The number of hydrogen-bond donors (Lipinski definition) is 2. The van der Waals surface area contributed by atoms with Crippen molar-refractivity contribution in [1.82, 2.24) is 10.2 Å². The summed E-state index contributed by atoms with van der Waals surface area (Å²) < 4.78 is 36.7. The number of likely N-dealkylation sites (tertiary alicyclic amines) is 1. The standard InChI is InChI=1S/C34H42N2O7S/c1-34(2,3)43-32(38)23-35-22-26-9-11-27(12-10-26)33(39)42-29-13-15-30(16-14-29)44(40,41)20-19-36-18-17-28(31(37)24-36)21-25-7-5-4-6-8-25/h4-16,28,31,35,37H,17-24H2,1-3H3/t28?,31-/m1/s1. The number of nitrogens with zero attached hydrogens (tertiary/aromatic N) is 1. The van der Waals surface area contributed by atoms with Crippen LogP contribution in [0.25, 0.3) is 0 Å². The summed E-state index contributed by atoms with van der Waals surface area (Å²) in [6, 6.07) is 22.7. The molecule has 0 aliphatic carbocycles. The second-order valence-electron chi connectivity index (χ2n) is 12.2. The molecule has 4 rings (SSSR count). The minimum atomic E-state index is -3.56. The Morgan fingerprint density at radius 1 is 0.955 bits per heavy atom. The first kappa shape index (κ1) is 33.3. The fourth-order valence-electron chi connectivity index (χ4n) is 5.10. The van der Waals surface area contributed by atoms with Crippen LogP contribution in [0.1, 0.15) is 48.7 Å². The number of esters is 2. The Kier molecular flexibility index (Phi) is 11.3. The predicted molar refractivity (Wildman–Crippen MR) is 168 cm³/mol. The Bertz CT molecular complexity index is 1490. The lowest BCUT2D eigenvalue weighted by atomic mass is 9.88. The molecule has 0 aromatic heterocycles. The fourth-order valence-corrected chi connectivity index (χ4v) is 6.38. The van der Waals surface area contributed by atoms with Gasteiger partial charge in [-0.25, -0.2) is 13.2 Å². The van der Waals surface area contributed by atoms with E-state index < -0.39 is 27.5 Å². The van der Waals surface area contributed by atoms with Crippen molar-refractivity contribution in [3.8, 4) is 5.75 Å². The molecule has 1 aliphatic heterocycles. The van der Waals surface area contributed by atoms with Crippen LogP contribution in [0, 0.1) is 5.92 Å². The van der Waals surface area contributed by atoms with Crippen LogP contribution in [0.3, 0.4) is 0 Å². The first-order valence-electron chi connectivity index (χ1n) is 14.9. The molecule has 2 atom stereocenters. The summed E-state index contributed by atoms with van der Waals surface area (Å²) in [5.41, 5.74) is 1.88. The molecule has 1 unspecified atom stereocenters. The van der Waals surface area contributed by atoms with Gasteiger partial charge in [0.05, 0.1) is 28.9 Å². The lowest BCUT2D eigenvalue weighted by Crippen LogP contribution is -2.46. The van der Waals surface area contributed by atoms with Gasteiger partial charge in [-0.05, 0) is 93.6 Å². The van der Waals surface area contributed by atoms with E-state index in [-0.39, 0.29) is 34.8 Å². The van der Waals surface area contributed by atoms with Crippen molar-refractivity contribution in [1.29, 1.82) is 0 Å². The molecular weight excluding hydrogens is 580 g/mol. The number of piperidine rings is 1. The molecule has 236 valence electrons. The first-order chi connectivity index (χ1) is 20.9. The maximum Gasteiger partial charge on any atom is 0.343 e. The van der Waals surface area contributed by atoms with E-state index in [0.717, 1.165) is 24.9 Å². The third-order valence-electron chi connectivity index (χ3n) is 7.42. The lowest BCUT2D eigenvalue weighted by molar-refractivity contribution is -0.153. The van der Waals surface area contributed by atoms with Gasteiger partial charge in [-0.2, -0.15) is 0 Å². The minimum Gasteiger partial charge on any atom is -0.459 e. The number of rotatable bonds is 12. The predicted octanol–water partition coefficient (Wildman–Crippen LogP) is 4.04. The van der Waals surface area contributed by atoms with Gasteiger partial charge in [-0.3, -0.25) is 9.69 Å². The molecule has 1 aliphatic rings. The Morgan fingerprint density at radius 2 is 1.64 bits per heavy atom. The van der Waals surface area contributed by atoms with Crippen LogP contribution in [0.5, 0.6) is 5.75 Å². The number of aliphatic hydroxyl groups excluding tert-OH is 1. The van der Waals surface area contributed by atoms with Gasteiger partial charge in [0.15, 0.2) is 9.84 Å². The van der Waals surface area contributed by atoms with Gasteiger partial charge in [0, 0.05) is 19.6 Å². The molecule has 0 bridgehead atoms. The van der Waals surface area contributed by atoms with Gasteiger partial charge in [0.2, 0.25) is 0 Å². The van der Waals surface area contributed by atoms with Gasteiger partial charge in [-0.15, -0.1) is 0 Å². The maximum atomic E-state index is 13.0. The van der Waals surface area contributed by atoms with Gasteiger partial charge in [0.25, 0.3) is 0 Å². The molecular formula is C34H42N2O7S. The van der Waals surface area contributed by atoms with Crippen LogP contribution in [-0.4, -0.2) is 74.0 Å². The molecule has 0 saturated carbocycles. The van der Waals surface area contributed by atoms with Crippen LogP contribution in [0.2, 0.25) is 0 Å². The number of sulfone groups is 1. The van der Waals surface area contributed by atoms with Crippen LogP contribution >= 0.6 is 0 Å². The highest BCUT2D eigenvalue weighted by molar-refractivity contribution is 7.91. The normalized spacial score (nSPS) is 17.6. The Morgan fingerprint density at radius 3 is 2.27 bits per heavy atom. The van der Waals surface area contributed by atoms with Crippen LogP contribution in [0.15, 0.2) is 83.8 Å². The summed E-state index contributed by atoms with van der Waals surface area (Å²) in [7, 11) is -3.56. The van der Waals surface area contributed by atoms with Crippen molar-refractivity contribution in [3.63, 3.8) is 0 Å². The van der Waals surface area contributed by atoms with E-state index in [1.165, 1.54) is 29.8 Å². The summed E-state index contributed by atoms with van der Waals surface area (Å²) in [4.78, 5) is 26.6. The second kappa shape index (κ2) is 14.9. The third kappa shape index (κ3) is 10.3. The number of benzene rings is 3. The van der Waals surface area contributed by atoms with Crippen molar-refractivity contribution in [2.75, 3.05) is 31.9 Å². The van der Waals surface area contributed by atoms with E-state index in [1.807, 2.05) is 43.9 Å². The average molecular weight is 623 g/mol. The molecule has 9 nitrogen and oxygen atoms in total. The van der Waals surface area contributed by atoms with Crippen molar-refractivity contribution in [2.45, 2.75) is 56.8 Å². The largest absolute Gasteiger partial charge is 0.459 e. The highest BCUT2D eigenvalue weighted by atomic mass is 32.2. The van der Waals surface area contributed by atoms with E-state index in [4.69, 9.17) is 9.47 Å². The summed E-state index contributed by atoms with van der Waals surface area (Å²) in [6.45, 7) is 7.46. The van der Waals surface area contributed by atoms with Crippen LogP contribution in [0.4, 0.5) is 0 Å². The van der Waals surface area contributed by atoms with E-state index in [1.54, 1.807) is 24.3 Å². The maximum absolute atomic E-state index is 13.0. The zero-order valence-electron chi connectivity index (χ0n) is 25.6. The molecule has 1 saturated heterocycles. The van der Waals surface area contributed by atoms with Gasteiger partial charge >= 0.3 is 11.9 Å². The van der Waals surface area contributed by atoms with Crippen molar-refractivity contribution >= 4 is 21.8 Å². The average Bonchev–Trinajstić information content (AvgIpc) is 2.98. The van der Waals surface area contributed by atoms with Gasteiger partial charge in [-0.1, -0.05) is 42.5 Å². The number of ether oxygens (including phenoxy) is 2. The highest BCUT2D eigenvalue weighted by Gasteiger charge is 2.28. The van der Waals surface area contributed by atoms with Crippen molar-refractivity contribution in [3.05, 3.63) is 95.6 Å². The van der Waals surface area contributed by atoms with E-state index in [0.29, 0.717) is 25.2 Å². The number of carbonyl (C=O) groups is 2. The van der Waals surface area contributed by atoms with E-state index >= 15 is 0 Å². The molecule has 0 spiro atoms. The Hall–Kier alpha value is -3.57. The van der Waals surface area contributed by atoms with Crippen LogP contribution in [-0.2, 0) is 32.3 Å². The quantitative estimate of drug-likeness (QED) is 0.228. The molecule has 0 radical (unpaired) electrons. The molecule has 10 heteroatoms. The Balaban J connectivity index is 1.21. The summed E-state index contributed by atoms with van der Waals surface area (Å²) in [5, 5.41) is 13.7. The smallest absolute Gasteiger partial charge is 0.343 e. The Labute approximate surface area is 260 Å². The second-order valence-corrected chi connectivity index (χ2v) is 14.3. The van der Waals surface area contributed by atoms with E-state index in [2.05, 4.69) is 17.4 Å². The summed E-state index contributed by atoms with van der Waals surface area (Å²) >= 11 is 0. The number of aliphatic hydroxyl groups is 1. The molecule has 0 amide bonds. The highest BCUT2D eigenvalue weighted by Crippen LogP contribution is 2.23. The lowest BCUT2D eigenvalue weighted by Gasteiger charge is -2.36. The molecule has 1 heterocycles. The fraction of sp³-hybridized carbons (Fsp3) is 0.412. The summed E-state index contributed by atoms with van der Waals surface area (Å²) in [6.07, 6.45) is 1.12. The molecule has 1 fully saturated rings. The zero-order valence-corrected chi connectivity index (χ0v) is 26.4.